The van der Waals surface area contributed by atoms with Gasteiger partial charge in [-0.1, -0.05) is 32.8 Å². The Kier molecular flexibility index (Phi) is 5.63. The van der Waals surface area contributed by atoms with Crippen molar-refractivity contribution < 1.29 is 9.13 Å². The average molecular weight is 293 g/mol. The molecule has 1 aromatic carbocycles. The van der Waals surface area contributed by atoms with E-state index in [4.69, 9.17) is 4.74 Å². The zero-order valence-electron chi connectivity index (χ0n) is 13.5. The first-order valence-corrected chi connectivity index (χ1v) is 8.30. The van der Waals surface area contributed by atoms with Gasteiger partial charge in [0.15, 0.2) is 0 Å². The molecular weight excluding hydrogens is 265 g/mol. The summed E-state index contributed by atoms with van der Waals surface area (Å²) in [5, 5.41) is 3.59. The zero-order valence-corrected chi connectivity index (χ0v) is 13.5. The molecule has 0 aliphatic carbocycles. The first kappa shape index (κ1) is 16.3. The van der Waals surface area contributed by atoms with E-state index in [0.29, 0.717) is 5.75 Å². The molecule has 118 valence electrons. The van der Waals surface area contributed by atoms with Crippen molar-refractivity contribution in [3.63, 3.8) is 0 Å². The Balaban J connectivity index is 2.18. The third kappa shape index (κ3) is 4.19. The number of unbranched alkanes of at least 4 members (excludes halogenated alkanes) is 2. The molecule has 21 heavy (non-hydrogen) atoms. The van der Waals surface area contributed by atoms with Gasteiger partial charge in [-0.15, -0.1) is 0 Å². The first-order chi connectivity index (χ1) is 10.1. The molecule has 0 radical (unpaired) electrons. The van der Waals surface area contributed by atoms with Crippen LogP contribution in [0, 0.1) is 5.82 Å². The number of ether oxygens (including phenoxy) is 1. The molecule has 2 atom stereocenters. The second kappa shape index (κ2) is 7.26. The van der Waals surface area contributed by atoms with Crippen LogP contribution in [0.5, 0.6) is 5.75 Å². The molecule has 2 rings (SSSR count). The number of fused-ring (bicyclic) bond motifs is 1. The SMILES string of the molecule is CCCCCC1(C)CC(NCCC)c2ccc(F)cc2O1. The van der Waals surface area contributed by atoms with E-state index in [-0.39, 0.29) is 17.5 Å². The molecule has 0 spiro atoms. The number of halogens is 1. The summed E-state index contributed by atoms with van der Waals surface area (Å²) in [6.45, 7) is 7.52. The average Bonchev–Trinajstić information content (AvgIpc) is 2.44. The number of nitrogens with one attached hydrogen (secondary N) is 1. The lowest BCUT2D eigenvalue weighted by molar-refractivity contribution is 0.0370. The van der Waals surface area contributed by atoms with Crippen molar-refractivity contribution in [3.05, 3.63) is 29.6 Å². The molecule has 0 saturated heterocycles. The molecular formula is C18H28FNO. The minimum atomic E-state index is -0.221. The van der Waals surface area contributed by atoms with Gasteiger partial charge in [-0.2, -0.15) is 0 Å². The maximum atomic E-state index is 13.5. The second-order valence-corrected chi connectivity index (χ2v) is 6.40. The van der Waals surface area contributed by atoms with Gasteiger partial charge >= 0.3 is 0 Å². The van der Waals surface area contributed by atoms with Gasteiger partial charge in [0.1, 0.15) is 17.2 Å². The van der Waals surface area contributed by atoms with E-state index >= 15 is 0 Å². The number of hydrogen-bond donors (Lipinski definition) is 1. The van der Waals surface area contributed by atoms with Crippen LogP contribution in [-0.4, -0.2) is 12.1 Å². The molecule has 3 heteroatoms. The zero-order chi connectivity index (χ0) is 15.3. The lowest BCUT2D eigenvalue weighted by Gasteiger charge is -2.40. The lowest BCUT2D eigenvalue weighted by atomic mass is 9.85. The van der Waals surface area contributed by atoms with Gasteiger partial charge in [-0.3, -0.25) is 0 Å². The lowest BCUT2D eigenvalue weighted by Crippen LogP contribution is -2.42. The van der Waals surface area contributed by atoms with Crippen molar-refractivity contribution in [3.8, 4) is 5.75 Å². The van der Waals surface area contributed by atoms with E-state index in [1.807, 2.05) is 6.07 Å². The summed E-state index contributed by atoms with van der Waals surface area (Å²) in [4.78, 5) is 0. The van der Waals surface area contributed by atoms with Crippen LogP contribution in [0.3, 0.4) is 0 Å². The van der Waals surface area contributed by atoms with Crippen LogP contribution in [0.2, 0.25) is 0 Å². The van der Waals surface area contributed by atoms with Gasteiger partial charge in [-0.25, -0.2) is 4.39 Å². The highest BCUT2D eigenvalue weighted by atomic mass is 19.1. The van der Waals surface area contributed by atoms with Crippen molar-refractivity contribution in [1.82, 2.24) is 5.32 Å². The Hall–Kier alpha value is -1.09. The highest BCUT2D eigenvalue weighted by Crippen LogP contribution is 2.42. The summed E-state index contributed by atoms with van der Waals surface area (Å²) < 4.78 is 19.7. The number of rotatable bonds is 7. The van der Waals surface area contributed by atoms with Gasteiger partial charge in [0.2, 0.25) is 0 Å². The highest BCUT2D eigenvalue weighted by Gasteiger charge is 2.36. The van der Waals surface area contributed by atoms with Crippen LogP contribution in [-0.2, 0) is 0 Å². The molecule has 0 saturated carbocycles. The summed E-state index contributed by atoms with van der Waals surface area (Å²) in [6.07, 6.45) is 6.68. The molecule has 1 aliphatic rings. The Labute approximate surface area is 128 Å². The standard InChI is InChI=1S/C18H28FNO/c1-4-6-7-10-18(3)13-16(20-11-5-2)15-9-8-14(19)12-17(15)21-18/h8-9,12,16,20H,4-7,10-11,13H2,1-3H3. The topological polar surface area (TPSA) is 21.3 Å². The summed E-state index contributed by atoms with van der Waals surface area (Å²) in [6, 6.07) is 5.19. The fraction of sp³-hybridized carbons (Fsp3) is 0.667. The Morgan fingerprint density at radius 3 is 2.81 bits per heavy atom. The third-order valence-electron chi connectivity index (χ3n) is 4.29. The third-order valence-corrected chi connectivity index (χ3v) is 4.29. The fourth-order valence-corrected chi connectivity index (χ4v) is 3.14. The predicted molar refractivity (Wildman–Crippen MR) is 85.2 cm³/mol. The van der Waals surface area contributed by atoms with Crippen molar-refractivity contribution in [2.75, 3.05) is 6.54 Å². The van der Waals surface area contributed by atoms with E-state index in [9.17, 15) is 4.39 Å². The summed E-state index contributed by atoms with van der Waals surface area (Å²) in [7, 11) is 0. The van der Waals surface area contributed by atoms with E-state index in [0.717, 1.165) is 37.8 Å². The van der Waals surface area contributed by atoms with Gasteiger partial charge < -0.3 is 10.1 Å². The quantitative estimate of drug-likeness (QED) is 0.715. The summed E-state index contributed by atoms with van der Waals surface area (Å²) in [5.41, 5.74) is 0.902. The van der Waals surface area contributed by atoms with Crippen molar-refractivity contribution in [1.29, 1.82) is 0 Å². The monoisotopic (exact) mass is 293 g/mol. The molecule has 1 aliphatic heterocycles. The Morgan fingerprint density at radius 2 is 2.10 bits per heavy atom. The van der Waals surface area contributed by atoms with E-state index in [1.165, 1.54) is 25.0 Å². The Morgan fingerprint density at radius 1 is 1.29 bits per heavy atom. The number of hydrogen-bond acceptors (Lipinski definition) is 2. The van der Waals surface area contributed by atoms with Crippen LogP contribution in [0.1, 0.15) is 70.9 Å². The van der Waals surface area contributed by atoms with Gasteiger partial charge in [0, 0.05) is 24.1 Å². The molecule has 1 N–H and O–H groups in total. The first-order valence-electron chi connectivity index (χ1n) is 8.30. The molecule has 0 bridgehead atoms. The van der Waals surface area contributed by atoms with Crippen LogP contribution >= 0.6 is 0 Å². The summed E-state index contributed by atoms with van der Waals surface area (Å²) in [5.74, 6) is 0.495. The molecule has 2 nitrogen and oxygen atoms in total. The highest BCUT2D eigenvalue weighted by molar-refractivity contribution is 5.39. The number of benzene rings is 1. The molecule has 0 fully saturated rings. The van der Waals surface area contributed by atoms with Crippen LogP contribution < -0.4 is 10.1 Å². The molecule has 0 aromatic heterocycles. The Bertz CT molecular complexity index is 463. The van der Waals surface area contributed by atoms with Crippen LogP contribution in [0.4, 0.5) is 4.39 Å². The second-order valence-electron chi connectivity index (χ2n) is 6.40. The van der Waals surface area contributed by atoms with E-state index in [2.05, 4.69) is 26.1 Å². The van der Waals surface area contributed by atoms with Gasteiger partial charge in [-0.05, 0) is 38.8 Å². The van der Waals surface area contributed by atoms with Crippen LogP contribution in [0.15, 0.2) is 18.2 Å². The maximum Gasteiger partial charge on any atom is 0.127 e. The van der Waals surface area contributed by atoms with Crippen molar-refractivity contribution >= 4 is 0 Å². The van der Waals surface area contributed by atoms with Crippen molar-refractivity contribution in [2.45, 2.75) is 70.9 Å². The summed E-state index contributed by atoms with van der Waals surface area (Å²) >= 11 is 0. The van der Waals surface area contributed by atoms with Gasteiger partial charge in [0.25, 0.3) is 0 Å². The normalized spacial score (nSPS) is 24.5. The minimum Gasteiger partial charge on any atom is -0.487 e. The molecule has 1 aromatic rings. The molecule has 2 unspecified atom stereocenters. The molecule has 1 heterocycles. The fourth-order valence-electron chi connectivity index (χ4n) is 3.14. The largest absolute Gasteiger partial charge is 0.487 e. The smallest absolute Gasteiger partial charge is 0.127 e. The minimum absolute atomic E-state index is 0.193. The predicted octanol–water partition coefficient (Wildman–Crippen LogP) is 4.99. The van der Waals surface area contributed by atoms with E-state index < -0.39 is 0 Å². The van der Waals surface area contributed by atoms with E-state index in [1.54, 1.807) is 0 Å². The molecule has 0 amide bonds. The maximum absolute atomic E-state index is 13.5. The van der Waals surface area contributed by atoms with Crippen LogP contribution in [0.25, 0.3) is 0 Å². The van der Waals surface area contributed by atoms with Gasteiger partial charge in [0.05, 0.1) is 0 Å². The van der Waals surface area contributed by atoms with Crippen molar-refractivity contribution in [2.24, 2.45) is 0 Å².